The van der Waals surface area contributed by atoms with Crippen LogP contribution in [0.5, 0.6) is 5.75 Å². The van der Waals surface area contributed by atoms with Crippen LogP contribution in [-0.4, -0.2) is 23.2 Å². The third-order valence-corrected chi connectivity index (χ3v) is 5.53. The lowest BCUT2D eigenvalue weighted by molar-refractivity contribution is 0.102. The number of nitrogens with zero attached hydrogens (tertiary/aromatic N) is 2. The van der Waals surface area contributed by atoms with E-state index in [9.17, 15) is 4.79 Å². The quantitative estimate of drug-likeness (QED) is 0.514. The van der Waals surface area contributed by atoms with Crippen molar-refractivity contribution in [3.05, 3.63) is 65.2 Å². The van der Waals surface area contributed by atoms with Crippen molar-refractivity contribution in [3.8, 4) is 5.75 Å². The number of amides is 1. The summed E-state index contributed by atoms with van der Waals surface area (Å²) < 4.78 is 6.03. The van der Waals surface area contributed by atoms with Gasteiger partial charge in [0.15, 0.2) is 4.34 Å². The van der Waals surface area contributed by atoms with Crippen LogP contribution in [0.2, 0.25) is 0 Å². The van der Waals surface area contributed by atoms with Gasteiger partial charge in [0.05, 0.1) is 7.11 Å². The van der Waals surface area contributed by atoms with E-state index in [1.54, 1.807) is 37.1 Å². The van der Waals surface area contributed by atoms with Crippen molar-refractivity contribution in [1.29, 1.82) is 0 Å². The summed E-state index contributed by atoms with van der Waals surface area (Å²) in [5.74, 6) is 1.37. The van der Waals surface area contributed by atoms with Gasteiger partial charge in [-0.15, -0.1) is 10.2 Å². The molecule has 128 valence electrons. The lowest BCUT2D eigenvalue weighted by atomic mass is 10.1. The normalized spacial score (nSPS) is 10.5. The van der Waals surface area contributed by atoms with E-state index in [4.69, 9.17) is 4.74 Å². The fraction of sp³-hybridized carbons (Fsp3) is 0.167. The molecule has 1 amide bonds. The van der Waals surface area contributed by atoms with Gasteiger partial charge >= 0.3 is 0 Å². The van der Waals surface area contributed by atoms with Crippen LogP contribution in [0.1, 0.15) is 21.5 Å². The van der Waals surface area contributed by atoms with Crippen molar-refractivity contribution in [2.75, 3.05) is 12.4 Å². The van der Waals surface area contributed by atoms with Crippen LogP contribution in [0.15, 0.2) is 52.9 Å². The van der Waals surface area contributed by atoms with Gasteiger partial charge in [-0.1, -0.05) is 53.4 Å². The summed E-state index contributed by atoms with van der Waals surface area (Å²) in [6.07, 6.45) is 0. The first-order chi connectivity index (χ1) is 12.2. The van der Waals surface area contributed by atoms with Gasteiger partial charge in [-0.3, -0.25) is 10.1 Å². The summed E-state index contributed by atoms with van der Waals surface area (Å²) in [5, 5.41) is 11.4. The van der Waals surface area contributed by atoms with Crippen LogP contribution >= 0.6 is 23.1 Å². The van der Waals surface area contributed by atoms with E-state index in [1.165, 1.54) is 16.9 Å². The van der Waals surface area contributed by atoms with E-state index in [1.807, 2.05) is 25.1 Å². The monoisotopic (exact) mass is 371 g/mol. The molecule has 0 saturated carbocycles. The molecule has 25 heavy (non-hydrogen) atoms. The van der Waals surface area contributed by atoms with Crippen LogP contribution in [-0.2, 0) is 5.75 Å². The number of nitrogens with one attached hydrogen (secondary N) is 1. The highest BCUT2D eigenvalue weighted by Crippen LogP contribution is 2.28. The molecule has 5 nitrogen and oxygen atoms in total. The number of carbonyl (C=O) groups excluding carboxylic acids is 1. The number of aromatic nitrogens is 2. The molecule has 0 aliphatic heterocycles. The van der Waals surface area contributed by atoms with Gasteiger partial charge in [0, 0.05) is 11.3 Å². The second kappa shape index (κ2) is 8.13. The van der Waals surface area contributed by atoms with Gasteiger partial charge in [-0.25, -0.2) is 0 Å². The molecular formula is C18H17N3O2S2. The first-order valence-electron chi connectivity index (χ1n) is 7.62. The Labute approximate surface area is 154 Å². The fourth-order valence-electron chi connectivity index (χ4n) is 2.23. The summed E-state index contributed by atoms with van der Waals surface area (Å²) >= 11 is 2.97. The van der Waals surface area contributed by atoms with Crippen molar-refractivity contribution in [2.24, 2.45) is 0 Å². The Bertz CT molecular complexity index is 866. The maximum absolute atomic E-state index is 12.3. The zero-order chi connectivity index (χ0) is 17.6. The van der Waals surface area contributed by atoms with Crippen molar-refractivity contribution in [1.82, 2.24) is 10.2 Å². The van der Waals surface area contributed by atoms with Gasteiger partial charge in [-0.2, -0.15) is 0 Å². The highest BCUT2D eigenvalue weighted by Gasteiger charge is 2.12. The largest absolute Gasteiger partial charge is 0.496 e. The first-order valence-corrected chi connectivity index (χ1v) is 9.42. The smallest absolute Gasteiger partial charge is 0.257 e. The van der Waals surface area contributed by atoms with Crippen LogP contribution < -0.4 is 10.1 Å². The molecule has 0 bridgehead atoms. The summed E-state index contributed by atoms with van der Waals surface area (Å²) in [6, 6.07) is 15.5. The standard InChI is InChI=1S/C18H17N3O2S2/c1-12-10-14(8-9-15(12)23-2)16(22)19-17-20-21-18(25-17)24-11-13-6-4-3-5-7-13/h3-10H,11H2,1-2H3,(H,19,20,22). The van der Waals surface area contributed by atoms with Gasteiger partial charge in [0.2, 0.25) is 5.13 Å². The summed E-state index contributed by atoms with van der Waals surface area (Å²) in [5.41, 5.74) is 2.69. The molecule has 0 saturated heterocycles. The lowest BCUT2D eigenvalue weighted by Gasteiger charge is -2.06. The minimum absolute atomic E-state index is 0.207. The zero-order valence-corrected chi connectivity index (χ0v) is 15.5. The molecule has 1 heterocycles. The number of ether oxygens (including phenoxy) is 1. The predicted molar refractivity (Wildman–Crippen MR) is 102 cm³/mol. The number of thioether (sulfide) groups is 1. The molecule has 0 aliphatic carbocycles. The molecule has 0 fully saturated rings. The summed E-state index contributed by atoms with van der Waals surface area (Å²) in [7, 11) is 1.61. The Morgan fingerprint density at radius 3 is 2.72 bits per heavy atom. The molecule has 3 rings (SSSR count). The molecule has 1 aromatic heterocycles. The van der Waals surface area contributed by atoms with Crippen LogP contribution in [0.4, 0.5) is 5.13 Å². The SMILES string of the molecule is COc1ccc(C(=O)Nc2nnc(SCc3ccccc3)s2)cc1C. The maximum Gasteiger partial charge on any atom is 0.257 e. The Morgan fingerprint density at radius 2 is 2.00 bits per heavy atom. The Hall–Kier alpha value is -2.38. The highest BCUT2D eigenvalue weighted by atomic mass is 32.2. The van der Waals surface area contributed by atoms with E-state index in [0.717, 1.165) is 21.4 Å². The number of rotatable bonds is 6. The van der Waals surface area contributed by atoms with Gasteiger partial charge in [-0.05, 0) is 36.2 Å². The molecule has 0 unspecified atom stereocenters. The zero-order valence-electron chi connectivity index (χ0n) is 13.9. The van der Waals surface area contributed by atoms with Crippen molar-refractivity contribution >= 4 is 34.1 Å². The van der Waals surface area contributed by atoms with Gasteiger partial charge < -0.3 is 4.74 Å². The molecule has 0 aliphatic rings. The number of carbonyl (C=O) groups is 1. The molecule has 7 heteroatoms. The Morgan fingerprint density at radius 1 is 1.20 bits per heavy atom. The van der Waals surface area contributed by atoms with E-state index >= 15 is 0 Å². The van der Waals surface area contributed by atoms with E-state index < -0.39 is 0 Å². The van der Waals surface area contributed by atoms with E-state index in [2.05, 4.69) is 27.6 Å². The van der Waals surface area contributed by atoms with Crippen LogP contribution in [0.3, 0.4) is 0 Å². The minimum atomic E-state index is -0.207. The molecule has 0 atom stereocenters. The number of methoxy groups -OCH3 is 1. The number of aryl methyl sites for hydroxylation is 1. The third kappa shape index (κ3) is 4.58. The van der Waals surface area contributed by atoms with Crippen molar-refractivity contribution in [2.45, 2.75) is 17.0 Å². The van der Waals surface area contributed by atoms with Crippen molar-refractivity contribution < 1.29 is 9.53 Å². The molecule has 0 spiro atoms. The highest BCUT2D eigenvalue weighted by molar-refractivity contribution is 8.00. The average molecular weight is 371 g/mol. The fourth-order valence-corrected chi connectivity index (χ4v) is 3.93. The predicted octanol–water partition coefficient (Wildman–Crippen LogP) is 4.40. The van der Waals surface area contributed by atoms with Crippen molar-refractivity contribution in [3.63, 3.8) is 0 Å². The second-order valence-electron chi connectivity index (χ2n) is 5.29. The Kier molecular flexibility index (Phi) is 5.67. The molecule has 2 aromatic carbocycles. The molecule has 3 aromatic rings. The molecule has 1 N–H and O–H groups in total. The molecule has 0 radical (unpaired) electrons. The second-order valence-corrected chi connectivity index (χ2v) is 7.49. The third-order valence-electron chi connectivity index (χ3n) is 3.49. The number of benzene rings is 2. The van der Waals surface area contributed by atoms with E-state index in [-0.39, 0.29) is 5.91 Å². The summed E-state index contributed by atoms with van der Waals surface area (Å²) in [4.78, 5) is 12.3. The maximum atomic E-state index is 12.3. The number of anilines is 1. The van der Waals surface area contributed by atoms with Gasteiger partial charge in [0.25, 0.3) is 5.91 Å². The first kappa shape index (κ1) is 17.4. The summed E-state index contributed by atoms with van der Waals surface area (Å²) in [6.45, 7) is 1.90. The van der Waals surface area contributed by atoms with E-state index in [0.29, 0.717) is 10.7 Å². The van der Waals surface area contributed by atoms with Gasteiger partial charge in [0.1, 0.15) is 5.75 Å². The number of hydrogen-bond donors (Lipinski definition) is 1. The van der Waals surface area contributed by atoms with Crippen LogP contribution in [0, 0.1) is 6.92 Å². The lowest BCUT2D eigenvalue weighted by Crippen LogP contribution is -2.12. The molecular weight excluding hydrogens is 354 g/mol. The average Bonchev–Trinajstić information content (AvgIpc) is 3.08. The topological polar surface area (TPSA) is 64.1 Å². The Balaban J connectivity index is 1.61. The van der Waals surface area contributed by atoms with Crippen LogP contribution in [0.25, 0.3) is 0 Å². The minimum Gasteiger partial charge on any atom is -0.496 e. The number of hydrogen-bond acceptors (Lipinski definition) is 6.